The first-order valence-corrected chi connectivity index (χ1v) is 6.27. The van der Waals surface area contributed by atoms with Crippen molar-refractivity contribution in [3.8, 4) is 5.69 Å². The number of nitrogens with zero attached hydrogens (tertiary/aromatic N) is 2. The normalized spacial score (nSPS) is 13.0. The maximum absolute atomic E-state index is 11.7. The second-order valence-electron chi connectivity index (χ2n) is 4.42. The third kappa shape index (κ3) is 2.17. The highest BCUT2D eigenvalue weighted by atomic mass is 16.5. The van der Waals surface area contributed by atoms with Gasteiger partial charge in [-0.3, -0.25) is 0 Å². The molecule has 1 aliphatic rings. The number of ether oxygens (including phenoxy) is 1. The Kier molecular flexibility index (Phi) is 2.91. The van der Waals surface area contributed by atoms with Crippen molar-refractivity contribution >= 4 is 12.0 Å². The lowest BCUT2D eigenvalue weighted by molar-refractivity contribution is -0.138. The summed E-state index contributed by atoms with van der Waals surface area (Å²) in [6.45, 7) is 2.23. The van der Waals surface area contributed by atoms with Crippen LogP contribution in [0.3, 0.4) is 0 Å². The van der Waals surface area contributed by atoms with Crippen molar-refractivity contribution in [3.05, 3.63) is 53.6 Å². The molecule has 0 unspecified atom stereocenters. The van der Waals surface area contributed by atoms with Crippen LogP contribution in [-0.4, -0.2) is 22.1 Å². The molecular formula is C15H14N2O2. The van der Waals surface area contributed by atoms with E-state index in [-0.39, 0.29) is 5.97 Å². The lowest BCUT2D eigenvalue weighted by atomic mass is 10.1. The van der Waals surface area contributed by atoms with Crippen molar-refractivity contribution in [2.75, 3.05) is 6.61 Å². The summed E-state index contributed by atoms with van der Waals surface area (Å²) in [7, 11) is 0. The second-order valence-corrected chi connectivity index (χ2v) is 4.42. The zero-order valence-corrected chi connectivity index (χ0v) is 10.7. The van der Waals surface area contributed by atoms with E-state index in [0.29, 0.717) is 13.0 Å². The lowest BCUT2D eigenvalue weighted by Gasteiger charge is -2.04. The Morgan fingerprint density at radius 3 is 3.11 bits per heavy atom. The Morgan fingerprint density at radius 1 is 1.47 bits per heavy atom. The molecular weight excluding hydrogens is 240 g/mol. The maximum atomic E-state index is 11.7. The third-order valence-corrected chi connectivity index (χ3v) is 3.18. The van der Waals surface area contributed by atoms with E-state index in [1.807, 2.05) is 35.9 Å². The predicted molar refractivity (Wildman–Crippen MR) is 71.9 cm³/mol. The quantitative estimate of drug-likeness (QED) is 0.790. The van der Waals surface area contributed by atoms with Gasteiger partial charge in [0.15, 0.2) is 0 Å². The van der Waals surface area contributed by atoms with Gasteiger partial charge in [0.2, 0.25) is 0 Å². The lowest BCUT2D eigenvalue weighted by Crippen LogP contribution is -2.07. The van der Waals surface area contributed by atoms with Gasteiger partial charge in [-0.25, -0.2) is 9.78 Å². The minimum absolute atomic E-state index is 0.220. The van der Waals surface area contributed by atoms with E-state index in [1.165, 1.54) is 0 Å². The summed E-state index contributed by atoms with van der Waals surface area (Å²) in [5, 5.41) is 0. The van der Waals surface area contributed by atoms with Crippen LogP contribution in [0.5, 0.6) is 0 Å². The van der Waals surface area contributed by atoms with Crippen LogP contribution in [-0.2, 0) is 16.0 Å². The highest BCUT2D eigenvalue weighted by Crippen LogP contribution is 2.27. The van der Waals surface area contributed by atoms with Gasteiger partial charge in [0.1, 0.15) is 0 Å². The summed E-state index contributed by atoms with van der Waals surface area (Å²) in [6.07, 6.45) is 7.96. The molecule has 0 fully saturated rings. The first kappa shape index (κ1) is 11.7. The van der Waals surface area contributed by atoms with E-state index in [0.717, 1.165) is 22.4 Å². The largest absolute Gasteiger partial charge is 0.463 e. The van der Waals surface area contributed by atoms with Crippen LogP contribution >= 0.6 is 0 Å². The van der Waals surface area contributed by atoms with Gasteiger partial charge in [0, 0.05) is 30.1 Å². The molecule has 4 nitrogen and oxygen atoms in total. The average molecular weight is 254 g/mol. The Balaban J connectivity index is 1.91. The molecule has 1 aromatic carbocycles. The number of hydrogen-bond donors (Lipinski definition) is 0. The topological polar surface area (TPSA) is 44.1 Å². The number of carbonyl (C=O) groups excluding carboxylic acids is 1. The van der Waals surface area contributed by atoms with E-state index in [1.54, 1.807) is 12.5 Å². The highest BCUT2D eigenvalue weighted by Gasteiger charge is 2.19. The van der Waals surface area contributed by atoms with Crippen molar-refractivity contribution < 1.29 is 9.53 Å². The smallest absolute Gasteiger partial charge is 0.334 e. The SMILES string of the molecule is CCOC(=O)C1=Cc2cc(-n3ccnc3)ccc2C1. The van der Waals surface area contributed by atoms with Gasteiger partial charge in [0.05, 0.1) is 12.9 Å². The van der Waals surface area contributed by atoms with Gasteiger partial charge in [-0.05, 0) is 36.3 Å². The molecule has 0 N–H and O–H groups in total. The Bertz CT molecular complexity index is 642. The molecule has 1 aromatic heterocycles. The molecule has 19 heavy (non-hydrogen) atoms. The number of fused-ring (bicyclic) bond motifs is 1. The number of aromatic nitrogens is 2. The fourth-order valence-electron chi connectivity index (χ4n) is 2.25. The van der Waals surface area contributed by atoms with Crippen molar-refractivity contribution in [3.63, 3.8) is 0 Å². The molecule has 0 radical (unpaired) electrons. The Hall–Kier alpha value is -2.36. The number of imidazole rings is 1. The average Bonchev–Trinajstić information content (AvgIpc) is 3.07. The van der Waals surface area contributed by atoms with Crippen LogP contribution in [0.15, 0.2) is 42.5 Å². The van der Waals surface area contributed by atoms with Gasteiger partial charge in [-0.15, -0.1) is 0 Å². The molecule has 3 rings (SSSR count). The van der Waals surface area contributed by atoms with Crippen LogP contribution in [0.4, 0.5) is 0 Å². The monoisotopic (exact) mass is 254 g/mol. The van der Waals surface area contributed by atoms with E-state index in [2.05, 4.69) is 11.1 Å². The number of benzene rings is 1. The predicted octanol–water partition coefficient (Wildman–Crippen LogP) is 2.37. The molecule has 0 saturated carbocycles. The first-order valence-electron chi connectivity index (χ1n) is 6.27. The maximum Gasteiger partial charge on any atom is 0.334 e. The molecule has 0 aliphatic heterocycles. The zero-order valence-electron chi connectivity index (χ0n) is 10.7. The molecule has 96 valence electrons. The molecule has 0 saturated heterocycles. The third-order valence-electron chi connectivity index (χ3n) is 3.18. The minimum Gasteiger partial charge on any atom is -0.463 e. The van der Waals surface area contributed by atoms with Crippen molar-refractivity contribution in [1.29, 1.82) is 0 Å². The van der Waals surface area contributed by atoms with Gasteiger partial charge < -0.3 is 9.30 Å². The summed E-state index contributed by atoms with van der Waals surface area (Å²) in [5.74, 6) is -0.220. The Labute approximate surface area is 111 Å². The number of esters is 1. The van der Waals surface area contributed by atoms with Crippen LogP contribution in [0, 0.1) is 0 Å². The van der Waals surface area contributed by atoms with E-state index in [4.69, 9.17) is 4.74 Å². The fourth-order valence-corrected chi connectivity index (χ4v) is 2.25. The van der Waals surface area contributed by atoms with E-state index < -0.39 is 0 Å². The molecule has 0 amide bonds. The fraction of sp³-hybridized carbons (Fsp3) is 0.200. The molecule has 4 heteroatoms. The van der Waals surface area contributed by atoms with Crippen molar-refractivity contribution in [1.82, 2.24) is 9.55 Å². The Morgan fingerprint density at radius 2 is 2.37 bits per heavy atom. The van der Waals surface area contributed by atoms with Gasteiger partial charge in [0.25, 0.3) is 0 Å². The molecule has 2 aromatic rings. The summed E-state index contributed by atoms with van der Waals surface area (Å²) in [4.78, 5) is 15.8. The van der Waals surface area contributed by atoms with Crippen LogP contribution in [0.2, 0.25) is 0 Å². The molecule has 1 heterocycles. The first-order chi connectivity index (χ1) is 9.28. The number of rotatable bonds is 3. The zero-order chi connectivity index (χ0) is 13.2. The van der Waals surface area contributed by atoms with Gasteiger partial charge >= 0.3 is 5.97 Å². The van der Waals surface area contributed by atoms with Crippen LogP contribution in [0.25, 0.3) is 11.8 Å². The highest BCUT2D eigenvalue weighted by molar-refractivity contribution is 5.96. The summed E-state index contributed by atoms with van der Waals surface area (Å²) in [6, 6.07) is 6.14. The van der Waals surface area contributed by atoms with Crippen molar-refractivity contribution in [2.24, 2.45) is 0 Å². The molecule has 0 bridgehead atoms. The van der Waals surface area contributed by atoms with Crippen molar-refractivity contribution in [2.45, 2.75) is 13.3 Å². The van der Waals surface area contributed by atoms with Crippen LogP contribution in [0.1, 0.15) is 18.1 Å². The number of carbonyl (C=O) groups is 1. The molecule has 0 atom stereocenters. The van der Waals surface area contributed by atoms with Gasteiger partial charge in [-0.1, -0.05) is 6.07 Å². The standard InChI is InChI=1S/C15H14N2O2/c1-2-19-15(18)13-7-11-3-4-14(9-12(11)8-13)17-6-5-16-10-17/h3-6,8-10H,2,7H2,1H3. The van der Waals surface area contributed by atoms with Gasteiger partial charge in [-0.2, -0.15) is 0 Å². The van der Waals surface area contributed by atoms with Crippen LogP contribution < -0.4 is 0 Å². The summed E-state index contributed by atoms with van der Waals surface area (Å²) >= 11 is 0. The van der Waals surface area contributed by atoms with E-state index >= 15 is 0 Å². The summed E-state index contributed by atoms with van der Waals surface area (Å²) in [5.41, 5.74) is 4.00. The second kappa shape index (κ2) is 4.72. The molecule has 0 spiro atoms. The van der Waals surface area contributed by atoms with E-state index in [9.17, 15) is 4.79 Å². The minimum atomic E-state index is -0.220. The number of hydrogen-bond acceptors (Lipinski definition) is 3. The summed E-state index contributed by atoms with van der Waals surface area (Å²) < 4.78 is 6.98. The molecule has 1 aliphatic carbocycles.